The molecule has 100 valence electrons. The van der Waals surface area contributed by atoms with Crippen molar-refractivity contribution in [1.82, 2.24) is 4.98 Å². The molecule has 1 heterocycles. The molecule has 0 aliphatic rings. The van der Waals surface area contributed by atoms with Gasteiger partial charge in [-0.3, -0.25) is 0 Å². The Balaban J connectivity index is 2.31. The van der Waals surface area contributed by atoms with Gasteiger partial charge in [0.05, 0.1) is 17.9 Å². The van der Waals surface area contributed by atoms with Crippen LogP contribution in [0.25, 0.3) is 0 Å². The van der Waals surface area contributed by atoms with E-state index >= 15 is 0 Å². The maximum absolute atomic E-state index is 11.9. The van der Waals surface area contributed by atoms with Crippen molar-refractivity contribution in [2.24, 2.45) is 0 Å². The molecule has 2 aromatic rings. The first-order chi connectivity index (χ1) is 9.10. The topological polar surface area (TPSA) is 77.2 Å². The minimum atomic E-state index is -0.398. The third kappa shape index (κ3) is 3.23. The van der Waals surface area contributed by atoms with Crippen LogP contribution in [0.15, 0.2) is 24.4 Å². The Kier molecular flexibility index (Phi) is 4.01. The van der Waals surface area contributed by atoms with E-state index in [1.54, 1.807) is 31.3 Å². The van der Waals surface area contributed by atoms with Crippen LogP contribution in [0.2, 0.25) is 0 Å². The molecule has 0 atom stereocenters. The molecule has 0 aliphatic carbocycles. The summed E-state index contributed by atoms with van der Waals surface area (Å²) in [5.74, 6) is -0.398. The van der Waals surface area contributed by atoms with Gasteiger partial charge in [-0.25, -0.2) is 9.78 Å². The average molecular weight is 277 g/mol. The summed E-state index contributed by atoms with van der Waals surface area (Å²) < 4.78 is 5.02. The van der Waals surface area contributed by atoms with Crippen LogP contribution >= 0.6 is 11.3 Å². The fourth-order valence-corrected chi connectivity index (χ4v) is 2.25. The highest BCUT2D eigenvalue weighted by molar-refractivity contribution is 7.15. The lowest BCUT2D eigenvalue weighted by atomic mass is 10.1. The number of hydrogen-bond donors (Lipinski definition) is 2. The zero-order valence-corrected chi connectivity index (χ0v) is 11.6. The standard InChI is InChI=1S/C13H15N3O2S/c1-3-18-12(17)10-6-9(14)4-5-11(10)16-13-15-7-8(2)19-13/h4-7H,3,14H2,1-2H3,(H,15,16). The van der Waals surface area contributed by atoms with E-state index in [2.05, 4.69) is 10.3 Å². The summed E-state index contributed by atoms with van der Waals surface area (Å²) in [5, 5.41) is 3.84. The molecule has 0 unspecified atom stereocenters. The predicted molar refractivity (Wildman–Crippen MR) is 76.9 cm³/mol. The molecule has 0 aliphatic heterocycles. The molecule has 2 rings (SSSR count). The molecule has 0 saturated heterocycles. The van der Waals surface area contributed by atoms with Crippen molar-refractivity contribution in [2.75, 3.05) is 17.7 Å². The van der Waals surface area contributed by atoms with Gasteiger partial charge in [0.15, 0.2) is 5.13 Å². The number of nitrogens with two attached hydrogens (primary N) is 1. The molecule has 0 amide bonds. The zero-order valence-electron chi connectivity index (χ0n) is 10.8. The molecular formula is C13H15N3O2S. The fraction of sp³-hybridized carbons (Fsp3) is 0.231. The molecule has 0 saturated carbocycles. The molecule has 1 aromatic heterocycles. The third-order valence-corrected chi connectivity index (χ3v) is 3.23. The first kappa shape index (κ1) is 13.4. The van der Waals surface area contributed by atoms with E-state index in [0.29, 0.717) is 23.5 Å². The molecule has 1 aromatic carbocycles. The van der Waals surface area contributed by atoms with E-state index in [1.807, 2.05) is 6.92 Å². The second kappa shape index (κ2) is 5.71. The number of benzene rings is 1. The number of carbonyl (C=O) groups excluding carboxylic acids is 1. The minimum Gasteiger partial charge on any atom is -0.462 e. The fourth-order valence-electron chi connectivity index (χ4n) is 1.58. The van der Waals surface area contributed by atoms with Crippen LogP contribution in [0, 0.1) is 6.92 Å². The van der Waals surface area contributed by atoms with Crippen LogP contribution in [0.3, 0.4) is 0 Å². The van der Waals surface area contributed by atoms with E-state index in [9.17, 15) is 4.79 Å². The number of anilines is 3. The van der Waals surface area contributed by atoms with E-state index in [1.165, 1.54) is 11.3 Å². The first-order valence-corrected chi connectivity index (χ1v) is 6.68. The quantitative estimate of drug-likeness (QED) is 0.663. The molecule has 0 spiro atoms. The van der Waals surface area contributed by atoms with E-state index in [-0.39, 0.29) is 0 Å². The van der Waals surface area contributed by atoms with E-state index in [0.717, 1.165) is 10.0 Å². The van der Waals surface area contributed by atoms with E-state index in [4.69, 9.17) is 10.5 Å². The van der Waals surface area contributed by atoms with Crippen LogP contribution in [0.5, 0.6) is 0 Å². The number of nitrogens with one attached hydrogen (secondary N) is 1. The van der Waals surface area contributed by atoms with Crippen LogP contribution in [0.1, 0.15) is 22.2 Å². The van der Waals surface area contributed by atoms with Gasteiger partial charge in [-0.15, -0.1) is 11.3 Å². The van der Waals surface area contributed by atoms with Crippen LogP contribution in [0.4, 0.5) is 16.5 Å². The largest absolute Gasteiger partial charge is 0.462 e. The van der Waals surface area contributed by atoms with Crippen LogP contribution in [-0.2, 0) is 4.74 Å². The highest BCUT2D eigenvalue weighted by Crippen LogP contribution is 2.26. The molecule has 5 nitrogen and oxygen atoms in total. The summed E-state index contributed by atoms with van der Waals surface area (Å²) in [4.78, 5) is 17.2. The van der Waals surface area contributed by atoms with Crippen molar-refractivity contribution in [1.29, 1.82) is 0 Å². The Bertz CT molecular complexity index is 595. The molecule has 0 bridgehead atoms. The number of rotatable bonds is 4. The molecule has 3 N–H and O–H groups in total. The summed E-state index contributed by atoms with van der Waals surface area (Å²) in [7, 11) is 0. The molecule has 19 heavy (non-hydrogen) atoms. The Morgan fingerprint density at radius 2 is 2.32 bits per heavy atom. The maximum atomic E-state index is 11.9. The molecule has 0 radical (unpaired) electrons. The Morgan fingerprint density at radius 3 is 2.95 bits per heavy atom. The third-order valence-electron chi connectivity index (χ3n) is 2.40. The van der Waals surface area contributed by atoms with Gasteiger partial charge >= 0.3 is 5.97 Å². The Labute approximate surface area is 115 Å². The zero-order chi connectivity index (χ0) is 13.8. The summed E-state index contributed by atoms with van der Waals surface area (Å²) in [5.41, 5.74) is 7.28. The summed E-state index contributed by atoms with van der Waals surface area (Å²) in [6.45, 7) is 4.06. The number of esters is 1. The van der Waals surface area contributed by atoms with Crippen molar-refractivity contribution in [2.45, 2.75) is 13.8 Å². The average Bonchev–Trinajstić information content (AvgIpc) is 2.77. The number of carbonyl (C=O) groups is 1. The van der Waals surface area contributed by atoms with Crippen molar-refractivity contribution in [3.05, 3.63) is 34.8 Å². The van der Waals surface area contributed by atoms with Gasteiger partial charge in [0, 0.05) is 16.8 Å². The monoisotopic (exact) mass is 277 g/mol. The second-order valence-electron chi connectivity index (χ2n) is 3.93. The number of aryl methyl sites for hydroxylation is 1. The lowest BCUT2D eigenvalue weighted by Crippen LogP contribution is -2.08. The van der Waals surface area contributed by atoms with Gasteiger partial charge in [0.1, 0.15) is 0 Å². The number of nitrogens with zero attached hydrogens (tertiary/aromatic N) is 1. The predicted octanol–water partition coefficient (Wildman–Crippen LogP) is 2.95. The second-order valence-corrected chi connectivity index (χ2v) is 5.16. The number of nitrogen functional groups attached to an aromatic ring is 1. The lowest BCUT2D eigenvalue weighted by Gasteiger charge is -2.10. The van der Waals surface area contributed by atoms with Gasteiger partial charge in [-0.2, -0.15) is 0 Å². The number of ether oxygens (including phenoxy) is 1. The Morgan fingerprint density at radius 1 is 1.53 bits per heavy atom. The van der Waals surface area contributed by atoms with Crippen molar-refractivity contribution in [3.63, 3.8) is 0 Å². The molecule has 0 fully saturated rings. The SMILES string of the molecule is CCOC(=O)c1cc(N)ccc1Nc1ncc(C)s1. The van der Waals surface area contributed by atoms with Gasteiger partial charge in [-0.05, 0) is 32.0 Å². The first-order valence-electron chi connectivity index (χ1n) is 5.86. The highest BCUT2D eigenvalue weighted by Gasteiger charge is 2.14. The summed E-state index contributed by atoms with van der Waals surface area (Å²) in [6, 6.07) is 5.07. The smallest absolute Gasteiger partial charge is 0.340 e. The normalized spacial score (nSPS) is 10.2. The van der Waals surface area contributed by atoms with Crippen LogP contribution < -0.4 is 11.1 Å². The van der Waals surface area contributed by atoms with Crippen molar-refractivity contribution < 1.29 is 9.53 Å². The van der Waals surface area contributed by atoms with Gasteiger partial charge < -0.3 is 15.8 Å². The van der Waals surface area contributed by atoms with Crippen LogP contribution in [-0.4, -0.2) is 17.6 Å². The minimum absolute atomic E-state index is 0.323. The maximum Gasteiger partial charge on any atom is 0.340 e. The van der Waals surface area contributed by atoms with Gasteiger partial charge in [0.25, 0.3) is 0 Å². The highest BCUT2D eigenvalue weighted by atomic mass is 32.1. The van der Waals surface area contributed by atoms with Crippen molar-refractivity contribution >= 4 is 33.8 Å². The summed E-state index contributed by atoms with van der Waals surface area (Å²) >= 11 is 1.51. The summed E-state index contributed by atoms with van der Waals surface area (Å²) in [6.07, 6.45) is 1.77. The van der Waals surface area contributed by atoms with E-state index < -0.39 is 5.97 Å². The lowest BCUT2D eigenvalue weighted by molar-refractivity contribution is 0.0527. The Hall–Kier alpha value is -2.08. The number of hydrogen-bond acceptors (Lipinski definition) is 6. The van der Waals surface area contributed by atoms with Gasteiger partial charge in [-0.1, -0.05) is 0 Å². The molecular weight excluding hydrogens is 262 g/mol. The van der Waals surface area contributed by atoms with Crippen molar-refractivity contribution in [3.8, 4) is 0 Å². The number of aromatic nitrogens is 1. The van der Waals surface area contributed by atoms with Gasteiger partial charge in [0.2, 0.25) is 0 Å². The number of thiazole rings is 1. The molecule has 6 heteroatoms.